The zero-order valence-electron chi connectivity index (χ0n) is 9.83. The molecule has 3 nitrogen and oxygen atoms in total. The number of hydrogen-bond donors (Lipinski definition) is 1. The van der Waals surface area contributed by atoms with Gasteiger partial charge in [-0.15, -0.1) is 10.2 Å². The highest BCUT2D eigenvalue weighted by Crippen LogP contribution is 2.32. The van der Waals surface area contributed by atoms with Gasteiger partial charge in [-0.25, -0.2) is 0 Å². The summed E-state index contributed by atoms with van der Waals surface area (Å²) in [6.07, 6.45) is 0. The highest BCUT2D eigenvalue weighted by molar-refractivity contribution is 8.01. The normalized spacial score (nSPS) is 14.5. The van der Waals surface area contributed by atoms with Gasteiger partial charge in [0.1, 0.15) is 5.51 Å². The molecule has 0 aliphatic carbocycles. The van der Waals surface area contributed by atoms with Gasteiger partial charge in [0.25, 0.3) is 0 Å². The summed E-state index contributed by atoms with van der Waals surface area (Å²) in [5.41, 5.74) is 3.07. The molecule has 0 radical (unpaired) electrons. The predicted octanol–water partition coefficient (Wildman–Crippen LogP) is 2.98. The second kappa shape index (κ2) is 6.14. The Kier molecular flexibility index (Phi) is 4.53. The summed E-state index contributed by atoms with van der Waals surface area (Å²) in [4.78, 5) is 0. The molecule has 0 saturated carbocycles. The Morgan fingerprint density at radius 2 is 2.06 bits per heavy atom. The standard InChI is InChI=1S/C12H15N3S2/c1-9(17-12-15-14-8-16-12)11(13-2)10-6-4-3-5-7-10/h3-9,11,13H,1-2H3. The van der Waals surface area contributed by atoms with Gasteiger partial charge in [-0.1, -0.05) is 60.4 Å². The molecule has 2 atom stereocenters. The van der Waals surface area contributed by atoms with E-state index in [1.54, 1.807) is 28.6 Å². The van der Waals surface area contributed by atoms with Crippen LogP contribution in [0.4, 0.5) is 0 Å². The summed E-state index contributed by atoms with van der Waals surface area (Å²) in [5, 5.41) is 11.7. The van der Waals surface area contributed by atoms with Gasteiger partial charge in [-0.3, -0.25) is 0 Å². The summed E-state index contributed by atoms with van der Waals surface area (Å²) in [5.74, 6) is 0. The molecule has 1 heterocycles. The fraction of sp³-hybridized carbons (Fsp3) is 0.333. The van der Waals surface area contributed by atoms with Crippen molar-refractivity contribution in [1.29, 1.82) is 0 Å². The first-order valence-electron chi connectivity index (χ1n) is 5.46. The van der Waals surface area contributed by atoms with Crippen LogP contribution in [0.5, 0.6) is 0 Å². The molecule has 1 aromatic carbocycles. The molecular formula is C12H15N3S2. The number of aromatic nitrogens is 2. The van der Waals surface area contributed by atoms with Crippen LogP contribution in [0.1, 0.15) is 18.5 Å². The van der Waals surface area contributed by atoms with Crippen LogP contribution in [-0.2, 0) is 0 Å². The Morgan fingerprint density at radius 1 is 1.29 bits per heavy atom. The largest absolute Gasteiger partial charge is 0.312 e. The molecule has 2 unspecified atom stereocenters. The van der Waals surface area contributed by atoms with Crippen molar-refractivity contribution in [3.05, 3.63) is 41.4 Å². The van der Waals surface area contributed by atoms with Crippen LogP contribution in [0.3, 0.4) is 0 Å². The molecule has 0 aliphatic heterocycles. The monoisotopic (exact) mass is 265 g/mol. The SMILES string of the molecule is CNC(c1ccccc1)C(C)Sc1nncs1. The minimum atomic E-state index is 0.324. The average molecular weight is 265 g/mol. The average Bonchev–Trinajstić information content (AvgIpc) is 2.84. The van der Waals surface area contributed by atoms with Crippen LogP contribution < -0.4 is 5.32 Å². The highest BCUT2D eigenvalue weighted by Gasteiger charge is 2.19. The van der Waals surface area contributed by atoms with Crippen molar-refractivity contribution in [2.75, 3.05) is 7.05 Å². The number of hydrogen-bond acceptors (Lipinski definition) is 5. The van der Waals surface area contributed by atoms with Gasteiger partial charge in [0, 0.05) is 11.3 Å². The molecule has 0 aliphatic rings. The fourth-order valence-corrected chi connectivity index (χ4v) is 3.70. The number of nitrogens with one attached hydrogen (secondary N) is 1. The van der Waals surface area contributed by atoms with Gasteiger partial charge >= 0.3 is 0 Å². The zero-order valence-corrected chi connectivity index (χ0v) is 11.5. The molecule has 0 spiro atoms. The molecule has 5 heteroatoms. The zero-order chi connectivity index (χ0) is 12.1. The summed E-state index contributed by atoms with van der Waals surface area (Å²) >= 11 is 3.35. The van der Waals surface area contributed by atoms with E-state index in [0.717, 1.165) is 4.34 Å². The Hall–Kier alpha value is -0.910. The van der Waals surface area contributed by atoms with E-state index in [2.05, 4.69) is 46.7 Å². The van der Waals surface area contributed by atoms with Crippen molar-refractivity contribution in [2.24, 2.45) is 0 Å². The van der Waals surface area contributed by atoms with Gasteiger partial charge < -0.3 is 5.32 Å². The third kappa shape index (κ3) is 3.28. The van der Waals surface area contributed by atoms with E-state index in [1.165, 1.54) is 5.56 Å². The Labute approximate surface area is 110 Å². The molecule has 0 bridgehead atoms. The molecular weight excluding hydrogens is 250 g/mol. The maximum atomic E-state index is 4.07. The number of thioether (sulfide) groups is 1. The third-order valence-electron chi connectivity index (χ3n) is 2.57. The molecule has 2 aromatic rings. The quantitative estimate of drug-likeness (QED) is 0.843. The maximum absolute atomic E-state index is 4.07. The summed E-state index contributed by atoms with van der Waals surface area (Å²) in [6.45, 7) is 2.21. The van der Waals surface area contributed by atoms with Crippen molar-refractivity contribution < 1.29 is 0 Å². The Bertz CT molecular complexity index is 430. The third-order valence-corrected chi connectivity index (χ3v) is 4.55. The summed E-state index contributed by atoms with van der Waals surface area (Å²) < 4.78 is 1.02. The van der Waals surface area contributed by atoms with E-state index in [0.29, 0.717) is 11.3 Å². The molecule has 0 amide bonds. The second-order valence-electron chi connectivity index (χ2n) is 3.70. The van der Waals surface area contributed by atoms with E-state index in [1.807, 2.05) is 13.1 Å². The Morgan fingerprint density at radius 3 is 2.65 bits per heavy atom. The molecule has 0 saturated heterocycles. The molecule has 90 valence electrons. The van der Waals surface area contributed by atoms with Gasteiger partial charge in [0.15, 0.2) is 4.34 Å². The van der Waals surface area contributed by atoms with Crippen molar-refractivity contribution in [3.8, 4) is 0 Å². The first-order chi connectivity index (χ1) is 8.31. The Balaban J connectivity index is 2.08. The van der Waals surface area contributed by atoms with Crippen LogP contribution in [0.25, 0.3) is 0 Å². The van der Waals surface area contributed by atoms with Crippen LogP contribution in [0, 0.1) is 0 Å². The first kappa shape index (κ1) is 12.5. The molecule has 17 heavy (non-hydrogen) atoms. The number of nitrogens with zero attached hydrogens (tertiary/aromatic N) is 2. The number of rotatable bonds is 5. The maximum Gasteiger partial charge on any atom is 0.174 e. The number of benzene rings is 1. The van der Waals surface area contributed by atoms with E-state index < -0.39 is 0 Å². The van der Waals surface area contributed by atoms with Gasteiger partial charge in [0.2, 0.25) is 0 Å². The van der Waals surface area contributed by atoms with Crippen LogP contribution in [-0.4, -0.2) is 22.5 Å². The van der Waals surface area contributed by atoms with E-state index >= 15 is 0 Å². The van der Waals surface area contributed by atoms with Crippen molar-refractivity contribution >= 4 is 23.1 Å². The lowest BCUT2D eigenvalue weighted by atomic mass is 10.0. The second-order valence-corrected chi connectivity index (χ2v) is 6.16. The summed E-state index contributed by atoms with van der Waals surface area (Å²) in [6, 6.07) is 10.8. The minimum absolute atomic E-state index is 0.324. The smallest absolute Gasteiger partial charge is 0.174 e. The summed E-state index contributed by atoms with van der Waals surface area (Å²) in [7, 11) is 1.99. The topological polar surface area (TPSA) is 37.8 Å². The van der Waals surface area contributed by atoms with Crippen LogP contribution in [0.2, 0.25) is 0 Å². The van der Waals surface area contributed by atoms with Crippen LogP contribution >= 0.6 is 23.1 Å². The van der Waals surface area contributed by atoms with E-state index in [-0.39, 0.29) is 0 Å². The van der Waals surface area contributed by atoms with Crippen LogP contribution in [0.15, 0.2) is 40.2 Å². The lowest BCUT2D eigenvalue weighted by Crippen LogP contribution is -2.25. The van der Waals surface area contributed by atoms with E-state index in [4.69, 9.17) is 0 Å². The van der Waals surface area contributed by atoms with Crippen molar-refractivity contribution in [1.82, 2.24) is 15.5 Å². The lowest BCUT2D eigenvalue weighted by molar-refractivity contribution is 0.589. The molecule has 1 N–H and O–H groups in total. The van der Waals surface area contributed by atoms with Gasteiger partial charge in [0.05, 0.1) is 0 Å². The lowest BCUT2D eigenvalue weighted by Gasteiger charge is -2.22. The van der Waals surface area contributed by atoms with Crippen molar-refractivity contribution in [3.63, 3.8) is 0 Å². The molecule has 2 rings (SSSR count). The molecule has 0 fully saturated rings. The first-order valence-corrected chi connectivity index (χ1v) is 7.22. The van der Waals surface area contributed by atoms with E-state index in [9.17, 15) is 0 Å². The fourth-order valence-electron chi connectivity index (χ4n) is 1.77. The van der Waals surface area contributed by atoms with Crippen molar-refractivity contribution in [2.45, 2.75) is 22.6 Å². The highest BCUT2D eigenvalue weighted by atomic mass is 32.2. The molecule has 1 aromatic heterocycles. The minimum Gasteiger partial charge on any atom is -0.312 e. The predicted molar refractivity (Wildman–Crippen MR) is 73.5 cm³/mol. The van der Waals surface area contributed by atoms with Gasteiger partial charge in [-0.2, -0.15) is 0 Å². The van der Waals surface area contributed by atoms with Gasteiger partial charge in [-0.05, 0) is 12.6 Å².